The fraction of sp³-hybridized carbons (Fsp3) is 0.476. The minimum Gasteiger partial charge on any atom is -0.460 e. The largest absolute Gasteiger partial charge is 0.460 e. The third kappa shape index (κ3) is 8.05. The Hall–Kier alpha value is -3.83. The number of fused-ring (bicyclic) bond motifs is 3. The maximum atomic E-state index is 12.6. The number of allylic oxidation sites excluding steroid dienone is 1. The number of aliphatic hydroxyl groups is 2. The highest BCUT2D eigenvalue weighted by Crippen LogP contribution is 2.63. The van der Waals surface area contributed by atoms with Gasteiger partial charge in [-0.25, -0.2) is 4.79 Å². The lowest BCUT2D eigenvalue weighted by molar-refractivity contribution is -0.223. The molecule has 2 aliphatic carbocycles. The minimum absolute atomic E-state index is 0.101. The number of aliphatic hydroxyl groups excluding tert-OH is 2. The molecule has 9 nitrogen and oxygen atoms in total. The summed E-state index contributed by atoms with van der Waals surface area (Å²) in [6, 6.07) is 20.5. The van der Waals surface area contributed by atoms with Gasteiger partial charge < -0.3 is 34.6 Å². The van der Waals surface area contributed by atoms with Gasteiger partial charge in [0.05, 0.1) is 23.5 Å². The molecule has 0 aromatic heterocycles. The van der Waals surface area contributed by atoms with Gasteiger partial charge in [0.1, 0.15) is 18.1 Å². The third-order valence-corrected chi connectivity index (χ3v) is 11.8. The molecule has 3 aromatic carbocycles. The Balaban J connectivity index is 1.55. The number of thioether (sulfide) groups is 1. The highest BCUT2D eigenvalue weighted by molar-refractivity contribution is 8.00. The fourth-order valence-corrected chi connectivity index (χ4v) is 9.66. The molecule has 0 spiro atoms. The van der Waals surface area contributed by atoms with Gasteiger partial charge in [-0.1, -0.05) is 60.5 Å². The number of amides is 1. The average molecular weight is 729 g/mol. The highest BCUT2D eigenvalue weighted by Gasteiger charge is 2.64. The van der Waals surface area contributed by atoms with Crippen LogP contribution in [0.25, 0.3) is 10.8 Å². The number of rotatable bonds is 17. The standard InChI is InChI=1S/C42H52N2O7S/c1-4-23-48-42-38(52-32-19-17-28-13-7-8-14-29(28)24-32)27-36(44-49-6-3)34-25-30(15-9-11-21-45)33(16-10-12-22-46)39(40(34)42)35-26-31(18-20-37(35)51-42)50-41(47)43-5-2/h4,7-8,13-14,17-20,24-26,30,33,38-40,45-46H,1,5-6,9-12,15-16,21-23,27H2,2-3H3,(H,43,47). The molecule has 0 saturated heterocycles. The molecular formula is C42H52N2O7S. The number of carbonyl (C=O) groups excluding carboxylic acids is 1. The van der Waals surface area contributed by atoms with E-state index in [1.807, 2.05) is 26.0 Å². The maximum Gasteiger partial charge on any atom is 0.412 e. The van der Waals surface area contributed by atoms with E-state index in [9.17, 15) is 15.0 Å². The Bertz CT molecular complexity index is 1760. The lowest BCUT2D eigenvalue weighted by Crippen LogP contribution is -2.64. The highest BCUT2D eigenvalue weighted by atomic mass is 32.2. The summed E-state index contributed by atoms with van der Waals surface area (Å²) in [6.07, 6.45) is 9.10. The van der Waals surface area contributed by atoms with Crippen molar-refractivity contribution in [1.29, 1.82) is 0 Å². The first-order chi connectivity index (χ1) is 25.5. The predicted molar refractivity (Wildman–Crippen MR) is 206 cm³/mol. The smallest absolute Gasteiger partial charge is 0.412 e. The molecule has 3 aromatic rings. The van der Waals surface area contributed by atoms with E-state index in [1.165, 1.54) is 5.39 Å². The van der Waals surface area contributed by atoms with Crippen molar-refractivity contribution in [3.05, 3.63) is 90.5 Å². The topological polar surface area (TPSA) is 119 Å². The van der Waals surface area contributed by atoms with Gasteiger partial charge in [-0.2, -0.15) is 0 Å². The molecule has 3 aliphatic rings. The van der Waals surface area contributed by atoms with Crippen molar-refractivity contribution in [2.45, 2.75) is 80.6 Å². The molecule has 6 atom stereocenters. The zero-order chi connectivity index (χ0) is 36.5. The summed E-state index contributed by atoms with van der Waals surface area (Å²) < 4.78 is 20.0. The Morgan fingerprint density at radius 1 is 1.04 bits per heavy atom. The van der Waals surface area contributed by atoms with Crippen LogP contribution in [-0.2, 0) is 9.57 Å². The van der Waals surface area contributed by atoms with Crippen LogP contribution in [0.5, 0.6) is 11.5 Å². The zero-order valence-electron chi connectivity index (χ0n) is 30.3. The van der Waals surface area contributed by atoms with E-state index in [4.69, 9.17) is 24.2 Å². The van der Waals surface area contributed by atoms with Crippen molar-refractivity contribution in [2.24, 2.45) is 22.9 Å². The van der Waals surface area contributed by atoms with Gasteiger partial charge in [0.15, 0.2) is 0 Å². The summed E-state index contributed by atoms with van der Waals surface area (Å²) in [4.78, 5) is 19.5. The van der Waals surface area contributed by atoms with Crippen molar-refractivity contribution in [1.82, 2.24) is 5.32 Å². The van der Waals surface area contributed by atoms with Crippen molar-refractivity contribution in [3.8, 4) is 11.5 Å². The van der Waals surface area contributed by atoms with Crippen LogP contribution >= 0.6 is 11.8 Å². The molecule has 1 aliphatic heterocycles. The molecule has 6 unspecified atom stereocenters. The van der Waals surface area contributed by atoms with E-state index in [1.54, 1.807) is 23.9 Å². The quantitative estimate of drug-likeness (QED) is 0.0721. The van der Waals surface area contributed by atoms with Crippen LogP contribution in [-0.4, -0.2) is 66.0 Å². The maximum absolute atomic E-state index is 12.6. The van der Waals surface area contributed by atoms with E-state index >= 15 is 0 Å². The second-order valence-corrected chi connectivity index (χ2v) is 15.0. The molecule has 278 valence electrons. The molecule has 52 heavy (non-hydrogen) atoms. The predicted octanol–water partition coefficient (Wildman–Crippen LogP) is 8.39. The van der Waals surface area contributed by atoms with Crippen LogP contribution < -0.4 is 14.8 Å². The van der Waals surface area contributed by atoms with Gasteiger partial charge in [-0.3, -0.25) is 0 Å². The first-order valence-corrected chi connectivity index (χ1v) is 19.7. The number of ether oxygens (including phenoxy) is 3. The average Bonchev–Trinajstić information content (AvgIpc) is 3.15. The van der Waals surface area contributed by atoms with E-state index < -0.39 is 11.9 Å². The number of nitrogens with one attached hydrogen (secondary N) is 1. The molecule has 0 bridgehead atoms. The molecule has 3 N–H and O–H groups in total. The number of nitrogens with zero attached hydrogens (tertiary/aromatic N) is 1. The Morgan fingerprint density at radius 3 is 2.58 bits per heavy atom. The molecule has 1 saturated carbocycles. The molecular weight excluding hydrogens is 677 g/mol. The van der Waals surface area contributed by atoms with Gasteiger partial charge in [-0.05, 0) is 98.0 Å². The first-order valence-electron chi connectivity index (χ1n) is 18.8. The van der Waals surface area contributed by atoms with Crippen LogP contribution in [0.4, 0.5) is 4.79 Å². The summed E-state index contributed by atoms with van der Waals surface area (Å²) >= 11 is 1.74. The number of oxime groups is 1. The van der Waals surface area contributed by atoms with Crippen LogP contribution in [0.1, 0.15) is 70.3 Å². The molecule has 1 amide bonds. The number of unbranched alkanes of at least 4 members (excludes halogenated alkanes) is 2. The monoisotopic (exact) mass is 728 g/mol. The summed E-state index contributed by atoms with van der Waals surface area (Å²) in [6.45, 7) is 9.26. The van der Waals surface area contributed by atoms with Gasteiger partial charge in [-0.15, -0.1) is 18.3 Å². The van der Waals surface area contributed by atoms with Crippen LogP contribution in [0.3, 0.4) is 0 Å². The number of benzene rings is 3. The van der Waals surface area contributed by atoms with Crippen LogP contribution in [0.2, 0.25) is 0 Å². The van der Waals surface area contributed by atoms with Gasteiger partial charge in [0, 0.05) is 42.6 Å². The number of hydrogen-bond acceptors (Lipinski definition) is 9. The Labute approximate surface area is 311 Å². The fourth-order valence-electron chi connectivity index (χ4n) is 8.32. The summed E-state index contributed by atoms with van der Waals surface area (Å²) in [7, 11) is 0. The lowest BCUT2D eigenvalue weighted by atomic mass is 9.56. The summed E-state index contributed by atoms with van der Waals surface area (Å²) in [5, 5.41) is 29.2. The third-order valence-electron chi connectivity index (χ3n) is 10.5. The number of hydrogen-bond donors (Lipinski definition) is 3. The van der Waals surface area contributed by atoms with E-state index in [0.717, 1.165) is 59.2 Å². The van der Waals surface area contributed by atoms with Gasteiger partial charge in [0.25, 0.3) is 0 Å². The van der Waals surface area contributed by atoms with Crippen molar-refractivity contribution >= 4 is 34.3 Å². The Morgan fingerprint density at radius 2 is 1.83 bits per heavy atom. The van der Waals surface area contributed by atoms with E-state index in [-0.39, 0.29) is 48.7 Å². The molecule has 0 radical (unpaired) electrons. The van der Waals surface area contributed by atoms with Gasteiger partial charge >= 0.3 is 6.09 Å². The lowest BCUT2D eigenvalue weighted by Gasteiger charge is -2.58. The van der Waals surface area contributed by atoms with Crippen LogP contribution in [0, 0.1) is 17.8 Å². The molecule has 1 fully saturated rings. The van der Waals surface area contributed by atoms with Gasteiger partial charge in [0.2, 0.25) is 5.79 Å². The second-order valence-electron chi connectivity index (χ2n) is 13.7. The molecule has 6 rings (SSSR count). The second kappa shape index (κ2) is 17.8. The van der Waals surface area contributed by atoms with Crippen molar-refractivity contribution in [2.75, 3.05) is 33.0 Å². The van der Waals surface area contributed by atoms with Crippen LogP contribution in [0.15, 0.2) is 95.0 Å². The summed E-state index contributed by atoms with van der Waals surface area (Å²) in [5.41, 5.74) is 2.91. The normalized spacial score (nSPS) is 25.4. The minimum atomic E-state index is -1.10. The molecule has 1 heterocycles. The molecule has 10 heteroatoms. The van der Waals surface area contributed by atoms with Crippen molar-refractivity contribution in [3.63, 3.8) is 0 Å². The van der Waals surface area contributed by atoms with Crippen molar-refractivity contribution < 1.29 is 34.1 Å². The van der Waals surface area contributed by atoms with E-state index in [2.05, 4.69) is 60.4 Å². The Kier molecular flexibility index (Phi) is 13.0. The summed E-state index contributed by atoms with van der Waals surface area (Å²) in [5.74, 6) is -0.0389. The SMILES string of the molecule is C=CCOC12Oc3ccc(OC(=O)NCC)cc3C3C(CCCCO)C(CCCCO)C=C(C(=NOCC)CC1Sc1ccc4ccccc4c1)C32. The number of carbonyl (C=O) groups is 1. The zero-order valence-corrected chi connectivity index (χ0v) is 31.1. The van der Waals surface area contributed by atoms with E-state index in [0.29, 0.717) is 37.5 Å². The first kappa shape index (κ1) is 37.9.